The van der Waals surface area contributed by atoms with Gasteiger partial charge in [-0.25, -0.2) is 0 Å². The Morgan fingerprint density at radius 3 is 2.94 bits per heavy atom. The monoisotopic (exact) mass is 311 g/mol. The molecule has 1 fully saturated rings. The van der Waals surface area contributed by atoms with Crippen molar-refractivity contribution < 1.29 is 9.53 Å². The van der Waals surface area contributed by atoms with Gasteiger partial charge in [0.15, 0.2) is 0 Å². The van der Waals surface area contributed by atoms with Gasteiger partial charge in [0.2, 0.25) is 0 Å². The van der Waals surface area contributed by atoms with Gasteiger partial charge in [0.05, 0.1) is 7.11 Å². The summed E-state index contributed by atoms with van der Waals surface area (Å²) in [7, 11) is 1.61. The quantitative estimate of drug-likeness (QED) is 0.786. The second-order valence-corrected chi connectivity index (χ2v) is 5.94. The number of benzene rings is 1. The molecule has 1 aromatic carbocycles. The molecule has 1 aromatic rings. The first kappa shape index (κ1) is 13.4. The summed E-state index contributed by atoms with van der Waals surface area (Å²) in [6, 6.07) is 7.34. The highest BCUT2D eigenvalue weighted by atomic mass is 79.9. The zero-order chi connectivity index (χ0) is 13.1. The van der Waals surface area contributed by atoms with Gasteiger partial charge in [0.25, 0.3) is 5.91 Å². The Morgan fingerprint density at radius 2 is 2.28 bits per heavy atom. The molecule has 1 aliphatic rings. The summed E-state index contributed by atoms with van der Waals surface area (Å²) in [5, 5.41) is 0. The average Bonchev–Trinajstić information content (AvgIpc) is 2.41. The molecule has 0 bridgehead atoms. The van der Waals surface area contributed by atoms with Crippen LogP contribution in [-0.4, -0.2) is 35.8 Å². The number of hydrogen-bond donors (Lipinski definition) is 0. The Balaban J connectivity index is 2.11. The maximum Gasteiger partial charge on any atom is 0.254 e. The lowest BCUT2D eigenvalue weighted by Crippen LogP contribution is -2.43. The fraction of sp³-hybridized carbons (Fsp3) is 0.500. The van der Waals surface area contributed by atoms with Crippen molar-refractivity contribution in [2.45, 2.75) is 18.2 Å². The second-order valence-electron chi connectivity index (χ2n) is 4.77. The Morgan fingerprint density at radius 1 is 1.50 bits per heavy atom. The van der Waals surface area contributed by atoms with Crippen LogP contribution in [0.1, 0.15) is 23.7 Å². The number of hydrogen-bond acceptors (Lipinski definition) is 2. The van der Waals surface area contributed by atoms with E-state index in [2.05, 4.69) is 22.9 Å². The van der Waals surface area contributed by atoms with Gasteiger partial charge in [-0.3, -0.25) is 4.79 Å². The molecule has 2 unspecified atom stereocenters. The highest BCUT2D eigenvalue weighted by Crippen LogP contribution is 2.25. The number of halogens is 1. The smallest absolute Gasteiger partial charge is 0.254 e. The minimum atomic E-state index is 0.0882. The third-order valence-electron chi connectivity index (χ3n) is 3.47. The van der Waals surface area contributed by atoms with Crippen molar-refractivity contribution in [1.82, 2.24) is 4.90 Å². The number of methoxy groups -OCH3 is 1. The van der Waals surface area contributed by atoms with Crippen LogP contribution in [0.5, 0.6) is 5.75 Å². The molecule has 3 nitrogen and oxygen atoms in total. The normalized spacial score (nSPS) is 23.8. The predicted octanol–water partition coefficient (Wildman–Crippen LogP) is 2.94. The molecule has 4 heteroatoms. The van der Waals surface area contributed by atoms with Crippen molar-refractivity contribution in [3.63, 3.8) is 0 Å². The van der Waals surface area contributed by atoms with Gasteiger partial charge < -0.3 is 9.64 Å². The van der Waals surface area contributed by atoms with Crippen molar-refractivity contribution in [2.75, 3.05) is 20.2 Å². The molecule has 1 aliphatic heterocycles. The summed E-state index contributed by atoms with van der Waals surface area (Å²) in [6.07, 6.45) is 1.05. The number of alkyl halides is 1. The van der Waals surface area contributed by atoms with Gasteiger partial charge in [0.1, 0.15) is 5.75 Å². The van der Waals surface area contributed by atoms with Crippen molar-refractivity contribution in [3.05, 3.63) is 29.8 Å². The molecular weight excluding hydrogens is 294 g/mol. The highest BCUT2D eigenvalue weighted by molar-refractivity contribution is 9.09. The largest absolute Gasteiger partial charge is 0.497 e. The number of nitrogens with zero attached hydrogens (tertiary/aromatic N) is 1. The summed E-state index contributed by atoms with van der Waals surface area (Å²) in [5.74, 6) is 1.44. The third kappa shape index (κ3) is 2.86. The molecular formula is C14H18BrNO2. The fourth-order valence-electron chi connectivity index (χ4n) is 2.15. The molecule has 0 spiro atoms. The summed E-state index contributed by atoms with van der Waals surface area (Å²) in [5.41, 5.74) is 0.698. The molecule has 0 aromatic heterocycles. The molecule has 1 saturated heterocycles. The topological polar surface area (TPSA) is 29.5 Å². The number of likely N-dealkylation sites (tertiary alicyclic amines) is 1. The lowest BCUT2D eigenvalue weighted by atomic mass is 9.98. The summed E-state index contributed by atoms with van der Waals surface area (Å²) in [4.78, 5) is 14.7. The predicted molar refractivity (Wildman–Crippen MR) is 75.4 cm³/mol. The highest BCUT2D eigenvalue weighted by Gasteiger charge is 2.27. The molecule has 2 atom stereocenters. The standard InChI is InChI=1S/C14H18BrNO2/c1-10-6-7-16(9-13(10)15)14(17)11-4-3-5-12(8-11)18-2/h3-5,8,10,13H,6-7,9H2,1-2H3. The van der Waals surface area contributed by atoms with Crippen LogP contribution in [0, 0.1) is 5.92 Å². The molecule has 0 aliphatic carbocycles. The molecule has 0 saturated carbocycles. The van der Waals surface area contributed by atoms with Crippen LogP contribution in [0.3, 0.4) is 0 Å². The van der Waals surface area contributed by atoms with E-state index in [1.165, 1.54) is 0 Å². The van der Waals surface area contributed by atoms with Crippen molar-refractivity contribution in [1.29, 1.82) is 0 Å². The van der Waals surface area contributed by atoms with Gasteiger partial charge in [-0.2, -0.15) is 0 Å². The van der Waals surface area contributed by atoms with E-state index in [0.29, 0.717) is 16.3 Å². The molecule has 0 N–H and O–H groups in total. The molecule has 1 heterocycles. The van der Waals surface area contributed by atoms with E-state index in [1.54, 1.807) is 13.2 Å². The maximum atomic E-state index is 12.4. The summed E-state index contributed by atoms with van der Waals surface area (Å²) < 4.78 is 5.15. The van der Waals surface area contributed by atoms with E-state index >= 15 is 0 Å². The van der Waals surface area contributed by atoms with E-state index in [9.17, 15) is 4.79 Å². The minimum Gasteiger partial charge on any atom is -0.497 e. The molecule has 98 valence electrons. The van der Waals surface area contributed by atoms with E-state index in [1.807, 2.05) is 23.1 Å². The van der Waals surface area contributed by atoms with Crippen LogP contribution in [-0.2, 0) is 0 Å². The van der Waals surface area contributed by atoms with Gasteiger partial charge in [-0.15, -0.1) is 0 Å². The Labute approximate surface area is 116 Å². The Kier molecular flexibility index (Phi) is 4.27. The second kappa shape index (κ2) is 5.74. The first-order valence-electron chi connectivity index (χ1n) is 6.19. The van der Waals surface area contributed by atoms with Crippen LogP contribution in [0.25, 0.3) is 0 Å². The first-order valence-corrected chi connectivity index (χ1v) is 7.10. The molecule has 2 rings (SSSR count). The van der Waals surface area contributed by atoms with E-state index in [-0.39, 0.29) is 5.91 Å². The van der Waals surface area contributed by atoms with Crippen LogP contribution < -0.4 is 4.74 Å². The van der Waals surface area contributed by atoms with Crippen LogP contribution in [0.4, 0.5) is 0 Å². The van der Waals surface area contributed by atoms with E-state index in [4.69, 9.17) is 4.74 Å². The lowest BCUT2D eigenvalue weighted by molar-refractivity contribution is 0.0705. The lowest BCUT2D eigenvalue weighted by Gasteiger charge is -2.34. The zero-order valence-electron chi connectivity index (χ0n) is 10.7. The first-order chi connectivity index (χ1) is 8.61. The molecule has 1 amide bonds. The van der Waals surface area contributed by atoms with Crippen molar-refractivity contribution >= 4 is 21.8 Å². The summed E-state index contributed by atoms with van der Waals surface area (Å²) in [6.45, 7) is 3.82. The van der Waals surface area contributed by atoms with Crippen LogP contribution in [0.15, 0.2) is 24.3 Å². The van der Waals surface area contributed by atoms with E-state index in [0.717, 1.165) is 25.3 Å². The average molecular weight is 312 g/mol. The number of rotatable bonds is 2. The number of ether oxygens (including phenoxy) is 1. The number of amides is 1. The van der Waals surface area contributed by atoms with Gasteiger partial charge >= 0.3 is 0 Å². The van der Waals surface area contributed by atoms with Gasteiger partial charge in [-0.1, -0.05) is 28.9 Å². The summed E-state index contributed by atoms with van der Waals surface area (Å²) >= 11 is 3.64. The number of carbonyl (C=O) groups is 1. The number of carbonyl (C=O) groups excluding carboxylic acids is 1. The number of piperidine rings is 1. The Bertz CT molecular complexity index is 436. The van der Waals surface area contributed by atoms with Crippen LogP contribution in [0.2, 0.25) is 0 Å². The zero-order valence-corrected chi connectivity index (χ0v) is 12.3. The van der Waals surface area contributed by atoms with Crippen LogP contribution >= 0.6 is 15.9 Å². The third-order valence-corrected chi connectivity index (χ3v) is 4.66. The van der Waals surface area contributed by atoms with Crippen molar-refractivity contribution in [2.24, 2.45) is 5.92 Å². The minimum absolute atomic E-state index is 0.0882. The Hall–Kier alpha value is -1.03. The fourth-order valence-corrected chi connectivity index (χ4v) is 2.76. The van der Waals surface area contributed by atoms with E-state index < -0.39 is 0 Å². The SMILES string of the molecule is COc1cccc(C(=O)N2CCC(C)C(Br)C2)c1. The van der Waals surface area contributed by atoms with Crippen molar-refractivity contribution in [3.8, 4) is 5.75 Å². The molecule has 18 heavy (non-hydrogen) atoms. The molecule has 0 radical (unpaired) electrons. The van der Waals surface area contributed by atoms with Gasteiger partial charge in [0, 0.05) is 23.5 Å². The van der Waals surface area contributed by atoms with Gasteiger partial charge in [-0.05, 0) is 30.5 Å². The maximum absolute atomic E-state index is 12.4.